The lowest BCUT2D eigenvalue weighted by Gasteiger charge is -2.36. The monoisotopic (exact) mass is 457 g/mol. The van der Waals surface area contributed by atoms with Crippen LogP contribution < -0.4 is 10.2 Å². The number of hydrogen-bond acceptors (Lipinski definition) is 7. The van der Waals surface area contributed by atoms with Gasteiger partial charge in [-0.25, -0.2) is 9.78 Å². The van der Waals surface area contributed by atoms with Crippen LogP contribution >= 0.6 is 34.5 Å². The Hall–Kier alpha value is -2.46. The van der Waals surface area contributed by atoms with Crippen molar-refractivity contribution in [3.8, 4) is 0 Å². The lowest BCUT2D eigenvalue weighted by atomic mass is 10.00. The van der Waals surface area contributed by atoms with Gasteiger partial charge < -0.3 is 19.9 Å². The fraction of sp³-hybridized carbons (Fsp3) is 0.438. The summed E-state index contributed by atoms with van der Waals surface area (Å²) in [6.45, 7) is 2.60. The molecule has 0 bridgehead atoms. The van der Waals surface area contributed by atoms with Gasteiger partial charge in [0, 0.05) is 29.7 Å². The van der Waals surface area contributed by atoms with E-state index in [-0.39, 0.29) is 10.7 Å². The molecule has 154 valence electrons. The van der Waals surface area contributed by atoms with E-state index >= 15 is 0 Å². The lowest BCUT2D eigenvalue weighted by Crippen LogP contribution is -2.53. The second-order valence-electron chi connectivity index (χ2n) is 6.34. The van der Waals surface area contributed by atoms with E-state index in [0.29, 0.717) is 40.2 Å². The fourth-order valence-electron chi connectivity index (χ4n) is 3.03. The fourth-order valence-corrected chi connectivity index (χ4v) is 4.32. The molecule has 0 radical (unpaired) electrons. The number of rotatable bonds is 5. The smallest absolute Gasteiger partial charge is 0.349 e. The summed E-state index contributed by atoms with van der Waals surface area (Å²) < 4.78 is 4.69. The molecule has 2 aromatic heterocycles. The molecule has 0 spiro atoms. The minimum Gasteiger partial charge on any atom is -0.465 e. The van der Waals surface area contributed by atoms with E-state index in [1.54, 1.807) is 6.92 Å². The Balaban J connectivity index is 1.73. The van der Waals surface area contributed by atoms with E-state index in [1.165, 1.54) is 24.6 Å². The number of thiazole rings is 1. The van der Waals surface area contributed by atoms with Crippen molar-refractivity contribution in [1.29, 1.82) is 0 Å². The van der Waals surface area contributed by atoms with Crippen LogP contribution in [0.3, 0.4) is 0 Å². The number of carbonyl (C=O) groups excluding carboxylic acids is 2. The molecule has 0 aliphatic carbocycles. The molecule has 1 saturated heterocycles. The Morgan fingerprint density at radius 1 is 1.48 bits per heavy atom. The average molecular weight is 458 g/mol. The third kappa shape index (κ3) is 4.43. The summed E-state index contributed by atoms with van der Waals surface area (Å²) in [4.78, 5) is 36.5. The van der Waals surface area contributed by atoms with Gasteiger partial charge in [-0.1, -0.05) is 39.7 Å². The molecule has 3 rings (SSSR count). The van der Waals surface area contributed by atoms with Crippen molar-refractivity contribution in [2.24, 2.45) is 5.11 Å². The molecule has 1 aliphatic rings. The van der Waals surface area contributed by atoms with Crippen molar-refractivity contribution < 1.29 is 14.3 Å². The minimum atomic E-state index is -0.534. The van der Waals surface area contributed by atoms with Gasteiger partial charge in [-0.05, 0) is 18.9 Å². The minimum absolute atomic E-state index is 0.151. The average Bonchev–Trinajstić information content (AvgIpc) is 3.30. The standard InChI is InChI=1S/C16H17Cl2N7O3S/c1-7-11(17)12(18)13(21-7)14(26)22-8-3-4-25(6-9(8)23-24-19)16-20-5-10(29-16)15(27)28-2/h5,8-9,21H,3-4,6H2,1-2H3,(H,22,26). The molecule has 2 N–H and O–H groups in total. The SMILES string of the molecule is COC(=O)c1cnc(N2CCC(NC(=O)c3[nH]c(C)c(Cl)c3Cl)C(N=[N+]=[N-])C2)s1. The summed E-state index contributed by atoms with van der Waals surface area (Å²) in [6, 6.07) is -0.929. The number of nitrogens with zero attached hydrogens (tertiary/aromatic N) is 5. The highest BCUT2D eigenvalue weighted by Gasteiger charge is 2.32. The Bertz CT molecular complexity index is 985. The number of piperidine rings is 1. The topological polar surface area (TPSA) is 136 Å². The summed E-state index contributed by atoms with van der Waals surface area (Å²) in [5.41, 5.74) is 9.70. The molecule has 3 heterocycles. The molecular formula is C16H17Cl2N7O3S. The van der Waals surface area contributed by atoms with E-state index in [4.69, 9.17) is 33.5 Å². The number of aromatic amines is 1. The van der Waals surface area contributed by atoms with Crippen molar-refractivity contribution in [2.75, 3.05) is 25.1 Å². The second kappa shape index (κ2) is 8.91. The Labute approximate surface area is 179 Å². The summed E-state index contributed by atoms with van der Waals surface area (Å²) in [5.74, 6) is -0.886. The molecular weight excluding hydrogens is 441 g/mol. The number of methoxy groups -OCH3 is 1. The van der Waals surface area contributed by atoms with E-state index in [2.05, 4.69) is 25.3 Å². The Morgan fingerprint density at radius 2 is 2.24 bits per heavy atom. The molecule has 10 nitrogen and oxygen atoms in total. The predicted molar refractivity (Wildman–Crippen MR) is 110 cm³/mol. The zero-order valence-corrected chi connectivity index (χ0v) is 17.8. The number of azide groups is 1. The maximum absolute atomic E-state index is 12.6. The van der Waals surface area contributed by atoms with Crippen LogP contribution in [0.4, 0.5) is 5.13 Å². The van der Waals surface area contributed by atoms with E-state index in [0.717, 1.165) is 0 Å². The molecule has 2 atom stereocenters. The number of H-pyrrole nitrogens is 1. The lowest BCUT2D eigenvalue weighted by molar-refractivity contribution is 0.0606. The molecule has 1 aliphatic heterocycles. The number of carbonyl (C=O) groups is 2. The molecule has 2 aromatic rings. The third-order valence-corrected chi connectivity index (χ3v) is 6.52. The highest BCUT2D eigenvalue weighted by atomic mass is 35.5. The summed E-state index contributed by atoms with van der Waals surface area (Å²) >= 11 is 13.3. The number of aromatic nitrogens is 2. The van der Waals surface area contributed by atoms with Crippen LogP contribution in [-0.2, 0) is 4.74 Å². The van der Waals surface area contributed by atoms with Crippen molar-refractivity contribution in [1.82, 2.24) is 15.3 Å². The van der Waals surface area contributed by atoms with Gasteiger partial charge in [0.25, 0.3) is 5.91 Å². The number of amides is 1. The largest absolute Gasteiger partial charge is 0.465 e. The third-order valence-electron chi connectivity index (χ3n) is 4.53. The first kappa shape index (κ1) is 21.3. The van der Waals surface area contributed by atoms with Crippen LogP contribution in [-0.4, -0.2) is 54.1 Å². The van der Waals surface area contributed by atoms with Crippen LogP contribution in [0, 0.1) is 6.92 Å². The second-order valence-corrected chi connectivity index (χ2v) is 8.10. The van der Waals surface area contributed by atoms with E-state index in [1.807, 2.05) is 4.90 Å². The van der Waals surface area contributed by atoms with Crippen molar-refractivity contribution in [2.45, 2.75) is 25.4 Å². The normalized spacial score (nSPS) is 18.8. The maximum Gasteiger partial charge on any atom is 0.349 e. The van der Waals surface area contributed by atoms with Gasteiger partial charge in [-0.2, -0.15) is 0 Å². The molecule has 1 fully saturated rings. The zero-order chi connectivity index (χ0) is 21.1. The number of halogens is 2. The van der Waals surface area contributed by atoms with Crippen molar-refractivity contribution in [3.63, 3.8) is 0 Å². The Morgan fingerprint density at radius 3 is 2.86 bits per heavy atom. The van der Waals surface area contributed by atoms with Crippen LogP contribution in [0.1, 0.15) is 32.3 Å². The number of anilines is 1. The Kier molecular flexibility index (Phi) is 6.53. The summed E-state index contributed by atoms with van der Waals surface area (Å²) in [7, 11) is 1.30. The molecule has 1 amide bonds. The highest BCUT2D eigenvalue weighted by molar-refractivity contribution is 7.17. The van der Waals surface area contributed by atoms with Gasteiger partial charge in [0.05, 0.1) is 29.4 Å². The van der Waals surface area contributed by atoms with Crippen LogP contribution in [0.5, 0.6) is 0 Å². The number of esters is 1. The van der Waals surface area contributed by atoms with Crippen LogP contribution in [0.15, 0.2) is 11.3 Å². The molecule has 0 aromatic carbocycles. The van der Waals surface area contributed by atoms with Crippen molar-refractivity contribution >= 4 is 51.5 Å². The first-order chi connectivity index (χ1) is 13.8. The molecule has 13 heteroatoms. The first-order valence-electron chi connectivity index (χ1n) is 8.53. The number of nitrogens with one attached hydrogen (secondary N) is 2. The summed E-state index contributed by atoms with van der Waals surface area (Å²) in [6.07, 6.45) is 1.95. The zero-order valence-electron chi connectivity index (χ0n) is 15.5. The first-order valence-corrected chi connectivity index (χ1v) is 10.1. The van der Waals surface area contributed by atoms with E-state index in [9.17, 15) is 9.59 Å². The maximum atomic E-state index is 12.6. The van der Waals surface area contributed by atoms with Gasteiger partial charge in [-0.3, -0.25) is 4.79 Å². The number of aryl methyl sites for hydroxylation is 1. The van der Waals surface area contributed by atoms with Gasteiger partial charge in [0.2, 0.25) is 0 Å². The molecule has 0 saturated carbocycles. The highest BCUT2D eigenvalue weighted by Crippen LogP contribution is 2.30. The van der Waals surface area contributed by atoms with Gasteiger partial charge in [-0.15, -0.1) is 0 Å². The van der Waals surface area contributed by atoms with Crippen LogP contribution in [0.2, 0.25) is 10.0 Å². The summed E-state index contributed by atoms with van der Waals surface area (Å²) in [5, 5.41) is 7.75. The van der Waals surface area contributed by atoms with Crippen molar-refractivity contribution in [3.05, 3.63) is 42.9 Å². The number of hydrogen-bond donors (Lipinski definition) is 2. The van der Waals surface area contributed by atoms with Gasteiger partial charge in [0.1, 0.15) is 10.6 Å². The molecule has 2 unspecified atom stereocenters. The van der Waals surface area contributed by atoms with E-state index < -0.39 is 24.0 Å². The van der Waals surface area contributed by atoms with Crippen LogP contribution in [0.25, 0.3) is 10.4 Å². The predicted octanol–water partition coefficient (Wildman–Crippen LogP) is 3.56. The van der Waals surface area contributed by atoms with Gasteiger partial charge >= 0.3 is 5.97 Å². The quantitative estimate of drug-likeness (QED) is 0.306. The van der Waals surface area contributed by atoms with Gasteiger partial charge in [0.15, 0.2) is 5.13 Å². The number of ether oxygens (including phenoxy) is 1. The molecule has 29 heavy (non-hydrogen) atoms.